The minimum Gasteiger partial charge on any atom is -0.497 e. The largest absolute Gasteiger partial charge is 0.497 e. The average molecular weight is 261 g/mol. The minimum absolute atomic E-state index is 0.0613. The second-order valence-corrected chi connectivity index (χ2v) is 4.50. The predicted octanol–water partition coefficient (Wildman–Crippen LogP) is 1.45. The van der Waals surface area contributed by atoms with Gasteiger partial charge in [-0.25, -0.2) is 4.68 Å². The first-order valence-electron chi connectivity index (χ1n) is 6.29. The summed E-state index contributed by atoms with van der Waals surface area (Å²) in [5, 5.41) is 8.15. The molecule has 0 spiro atoms. The summed E-state index contributed by atoms with van der Waals surface area (Å²) in [5.41, 5.74) is 8.53. The van der Waals surface area contributed by atoms with Gasteiger partial charge in [-0.3, -0.25) is 4.98 Å². The Kier molecular flexibility index (Phi) is 4.11. The highest BCUT2D eigenvalue weighted by Gasteiger charge is 2.09. The standard InChI is InChI=1S/C13H19N5O/c1-4-12(14)13-8-18(17-16-13)7-10-6-11(19-3)5-9(2)15-10/h5-6,8,12H,4,7,14H2,1-3H3. The van der Waals surface area contributed by atoms with Gasteiger partial charge in [-0.15, -0.1) is 5.10 Å². The van der Waals surface area contributed by atoms with Crippen molar-refractivity contribution < 1.29 is 4.74 Å². The Morgan fingerprint density at radius 3 is 2.89 bits per heavy atom. The molecule has 102 valence electrons. The fourth-order valence-corrected chi connectivity index (χ4v) is 1.84. The summed E-state index contributed by atoms with van der Waals surface area (Å²) in [5.74, 6) is 0.799. The van der Waals surface area contributed by atoms with Crippen LogP contribution in [-0.4, -0.2) is 27.1 Å². The fourth-order valence-electron chi connectivity index (χ4n) is 1.84. The Balaban J connectivity index is 2.16. The van der Waals surface area contributed by atoms with Gasteiger partial charge in [-0.05, 0) is 13.3 Å². The molecule has 0 aliphatic heterocycles. The molecule has 1 atom stereocenters. The van der Waals surface area contributed by atoms with Crippen LogP contribution in [0.1, 0.15) is 36.5 Å². The molecule has 2 aromatic rings. The second kappa shape index (κ2) is 5.79. The van der Waals surface area contributed by atoms with Gasteiger partial charge in [0.2, 0.25) is 0 Å². The zero-order valence-corrected chi connectivity index (χ0v) is 11.5. The van der Waals surface area contributed by atoms with Gasteiger partial charge < -0.3 is 10.5 Å². The van der Waals surface area contributed by atoms with E-state index >= 15 is 0 Å². The summed E-state index contributed by atoms with van der Waals surface area (Å²) >= 11 is 0. The van der Waals surface area contributed by atoms with Crippen LogP contribution in [0.25, 0.3) is 0 Å². The van der Waals surface area contributed by atoms with Crippen molar-refractivity contribution >= 4 is 0 Å². The Labute approximate surface area is 112 Å². The first-order chi connectivity index (χ1) is 9.12. The number of nitrogens with zero attached hydrogens (tertiary/aromatic N) is 4. The summed E-state index contributed by atoms with van der Waals surface area (Å²) < 4.78 is 6.97. The van der Waals surface area contributed by atoms with Crippen LogP contribution in [0.15, 0.2) is 18.3 Å². The summed E-state index contributed by atoms with van der Waals surface area (Å²) in [6.45, 7) is 4.52. The number of ether oxygens (including phenoxy) is 1. The van der Waals surface area contributed by atoms with E-state index in [4.69, 9.17) is 10.5 Å². The van der Waals surface area contributed by atoms with E-state index in [2.05, 4.69) is 15.3 Å². The van der Waals surface area contributed by atoms with Crippen molar-refractivity contribution in [2.75, 3.05) is 7.11 Å². The van der Waals surface area contributed by atoms with E-state index in [9.17, 15) is 0 Å². The molecular weight excluding hydrogens is 242 g/mol. The molecule has 0 amide bonds. The number of pyridine rings is 1. The number of aryl methyl sites for hydroxylation is 1. The van der Waals surface area contributed by atoms with Gasteiger partial charge in [0, 0.05) is 17.8 Å². The predicted molar refractivity (Wildman–Crippen MR) is 71.9 cm³/mol. The molecule has 1 unspecified atom stereocenters. The topological polar surface area (TPSA) is 78.9 Å². The molecule has 0 aromatic carbocycles. The first kappa shape index (κ1) is 13.5. The number of rotatable bonds is 5. The van der Waals surface area contributed by atoms with E-state index < -0.39 is 0 Å². The van der Waals surface area contributed by atoms with Gasteiger partial charge in [-0.1, -0.05) is 12.1 Å². The van der Waals surface area contributed by atoms with E-state index in [-0.39, 0.29) is 6.04 Å². The van der Waals surface area contributed by atoms with Crippen molar-refractivity contribution in [1.82, 2.24) is 20.0 Å². The Morgan fingerprint density at radius 1 is 1.42 bits per heavy atom. The summed E-state index contributed by atoms with van der Waals surface area (Å²) in [7, 11) is 1.65. The van der Waals surface area contributed by atoms with Crippen molar-refractivity contribution in [3.8, 4) is 5.75 Å². The molecular formula is C13H19N5O. The zero-order valence-electron chi connectivity index (χ0n) is 11.5. The van der Waals surface area contributed by atoms with Gasteiger partial charge in [0.15, 0.2) is 0 Å². The third kappa shape index (κ3) is 3.29. The van der Waals surface area contributed by atoms with E-state index in [1.807, 2.05) is 32.2 Å². The lowest BCUT2D eigenvalue weighted by molar-refractivity contribution is 0.412. The molecule has 2 aromatic heterocycles. The van der Waals surface area contributed by atoms with Gasteiger partial charge >= 0.3 is 0 Å². The highest BCUT2D eigenvalue weighted by atomic mass is 16.5. The van der Waals surface area contributed by atoms with Gasteiger partial charge in [0.1, 0.15) is 5.75 Å². The van der Waals surface area contributed by atoms with Gasteiger partial charge in [-0.2, -0.15) is 0 Å². The molecule has 0 aliphatic carbocycles. The van der Waals surface area contributed by atoms with E-state index in [0.717, 1.165) is 29.3 Å². The summed E-state index contributed by atoms with van der Waals surface area (Å²) in [4.78, 5) is 4.45. The molecule has 0 radical (unpaired) electrons. The van der Waals surface area contributed by atoms with Crippen molar-refractivity contribution in [2.24, 2.45) is 5.73 Å². The lowest BCUT2D eigenvalue weighted by Crippen LogP contribution is -2.09. The van der Waals surface area contributed by atoms with Crippen molar-refractivity contribution in [3.63, 3.8) is 0 Å². The molecule has 0 bridgehead atoms. The molecule has 2 N–H and O–H groups in total. The number of aromatic nitrogens is 4. The monoisotopic (exact) mass is 261 g/mol. The van der Waals surface area contributed by atoms with Crippen molar-refractivity contribution in [1.29, 1.82) is 0 Å². The highest BCUT2D eigenvalue weighted by Crippen LogP contribution is 2.15. The van der Waals surface area contributed by atoms with Crippen LogP contribution in [0.4, 0.5) is 0 Å². The van der Waals surface area contributed by atoms with Crippen LogP contribution in [0, 0.1) is 6.92 Å². The van der Waals surface area contributed by atoms with Crippen LogP contribution in [0.3, 0.4) is 0 Å². The third-order valence-corrected chi connectivity index (χ3v) is 2.92. The molecule has 6 heteroatoms. The molecule has 2 heterocycles. The number of nitrogens with two attached hydrogens (primary N) is 1. The Hall–Kier alpha value is -1.95. The molecule has 6 nitrogen and oxygen atoms in total. The molecule has 0 aliphatic rings. The number of hydrogen-bond acceptors (Lipinski definition) is 5. The van der Waals surface area contributed by atoms with Crippen molar-refractivity contribution in [2.45, 2.75) is 32.9 Å². The number of methoxy groups -OCH3 is 1. The normalized spacial score (nSPS) is 12.4. The molecule has 0 saturated heterocycles. The lowest BCUT2D eigenvalue weighted by atomic mass is 10.2. The molecule has 2 rings (SSSR count). The van der Waals surface area contributed by atoms with Crippen LogP contribution < -0.4 is 10.5 Å². The van der Waals surface area contributed by atoms with E-state index in [1.165, 1.54) is 0 Å². The summed E-state index contributed by atoms with van der Waals surface area (Å²) in [6, 6.07) is 3.73. The highest BCUT2D eigenvalue weighted by molar-refractivity contribution is 5.26. The van der Waals surface area contributed by atoms with E-state index in [0.29, 0.717) is 6.54 Å². The van der Waals surface area contributed by atoms with E-state index in [1.54, 1.807) is 11.8 Å². The average Bonchev–Trinajstić information content (AvgIpc) is 2.85. The lowest BCUT2D eigenvalue weighted by Gasteiger charge is -2.06. The zero-order chi connectivity index (χ0) is 13.8. The molecule has 19 heavy (non-hydrogen) atoms. The maximum Gasteiger partial charge on any atom is 0.122 e. The first-order valence-corrected chi connectivity index (χ1v) is 6.29. The van der Waals surface area contributed by atoms with Gasteiger partial charge in [0.05, 0.1) is 37.3 Å². The number of hydrogen-bond donors (Lipinski definition) is 1. The fraction of sp³-hybridized carbons (Fsp3) is 0.462. The smallest absolute Gasteiger partial charge is 0.122 e. The van der Waals surface area contributed by atoms with Crippen LogP contribution in [0.5, 0.6) is 5.75 Å². The molecule has 0 fully saturated rings. The van der Waals surface area contributed by atoms with Crippen LogP contribution >= 0.6 is 0 Å². The quantitative estimate of drug-likeness (QED) is 0.881. The maximum absolute atomic E-state index is 5.92. The maximum atomic E-state index is 5.92. The minimum atomic E-state index is -0.0613. The summed E-state index contributed by atoms with van der Waals surface area (Å²) in [6.07, 6.45) is 2.71. The van der Waals surface area contributed by atoms with Crippen molar-refractivity contribution in [3.05, 3.63) is 35.4 Å². The Morgan fingerprint density at radius 2 is 2.21 bits per heavy atom. The molecule has 0 saturated carbocycles. The van der Waals surface area contributed by atoms with Gasteiger partial charge in [0.25, 0.3) is 0 Å². The third-order valence-electron chi connectivity index (χ3n) is 2.92. The Bertz CT molecular complexity index is 552. The SMILES string of the molecule is CCC(N)c1cn(Cc2cc(OC)cc(C)n2)nn1. The second-order valence-electron chi connectivity index (χ2n) is 4.50. The van der Waals surface area contributed by atoms with Crippen LogP contribution in [0.2, 0.25) is 0 Å². The van der Waals surface area contributed by atoms with Crippen LogP contribution in [-0.2, 0) is 6.54 Å².